The first-order chi connectivity index (χ1) is 9.52. The topological polar surface area (TPSA) is 37.3 Å². The molecule has 0 radical (unpaired) electrons. The summed E-state index contributed by atoms with van der Waals surface area (Å²) >= 11 is 1.64. The second-order valence-corrected chi connectivity index (χ2v) is 7.10. The Labute approximate surface area is 123 Å². The average molecular weight is 288 g/mol. The van der Waals surface area contributed by atoms with Crippen LogP contribution in [0.5, 0.6) is 0 Å². The van der Waals surface area contributed by atoms with Crippen molar-refractivity contribution in [1.29, 1.82) is 0 Å². The third-order valence-electron chi connectivity index (χ3n) is 4.83. The van der Waals surface area contributed by atoms with Crippen molar-refractivity contribution in [3.8, 4) is 0 Å². The van der Waals surface area contributed by atoms with Gasteiger partial charge in [-0.2, -0.15) is 0 Å². The van der Waals surface area contributed by atoms with Crippen LogP contribution < -0.4 is 0 Å². The normalized spacial score (nSPS) is 32.6. The lowest BCUT2D eigenvalue weighted by Crippen LogP contribution is -2.42. The maximum Gasteiger partial charge on any atom is 0.184 e. The maximum absolute atomic E-state index is 12.6. The van der Waals surface area contributed by atoms with Gasteiger partial charge in [-0.15, -0.1) is 11.3 Å². The molecule has 20 heavy (non-hydrogen) atoms. The maximum atomic E-state index is 12.6. The van der Waals surface area contributed by atoms with Crippen LogP contribution in [0.1, 0.15) is 44.4 Å². The fourth-order valence-electron chi connectivity index (χ4n) is 3.63. The molecule has 106 valence electrons. The van der Waals surface area contributed by atoms with E-state index in [1.165, 1.54) is 5.57 Å². The van der Waals surface area contributed by atoms with Crippen LogP contribution in [0.3, 0.4) is 0 Å². The molecule has 0 saturated heterocycles. The van der Waals surface area contributed by atoms with Crippen LogP contribution in [-0.2, 0) is 4.79 Å². The number of ketones is 1. The highest BCUT2D eigenvalue weighted by Crippen LogP contribution is 2.50. The van der Waals surface area contributed by atoms with E-state index >= 15 is 0 Å². The molecule has 0 spiro atoms. The summed E-state index contributed by atoms with van der Waals surface area (Å²) < 4.78 is 0. The Bertz CT molecular complexity index is 595. The number of hydrogen-bond donors (Lipinski definition) is 1. The fourth-order valence-corrected chi connectivity index (χ4v) is 4.31. The van der Waals surface area contributed by atoms with Crippen molar-refractivity contribution in [2.24, 2.45) is 5.41 Å². The van der Waals surface area contributed by atoms with Gasteiger partial charge in [0.25, 0.3) is 0 Å². The summed E-state index contributed by atoms with van der Waals surface area (Å²) in [5, 5.41) is 12.5. The van der Waals surface area contributed by atoms with E-state index < -0.39 is 0 Å². The predicted octanol–water partition coefficient (Wildman–Crippen LogP) is 3.97. The van der Waals surface area contributed by atoms with E-state index in [0.29, 0.717) is 6.42 Å². The molecule has 0 aromatic carbocycles. The van der Waals surface area contributed by atoms with Crippen LogP contribution in [0.25, 0.3) is 6.08 Å². The third-order valence-corrected chi connectivity index (χ3v) is 5.65. The summed E-state index contributed by atoms with van der Waals surface area (Å²) in [5.74, 6) is 0.167. The minimum absolute atomic E-state index is 0.167. The van der Waals surface area contributed by atoms with Crippen LogP contribution in [0.4, 0.5) is 0 Å². The minimum Gasteiger partial charge on any atom is -0.392 e. The standard InChI is InChI=1S/C17H20O2S/c1-11-14-6-3-7-15(18)17(14,2)10-12(16(11)19)9-13-5-4-8-20-13/h4-5,8-9,15,18H,3,6-7,10H2,1-2H3/t15-,17-/m0/s1. The largest absolute Gasteiger partial charge is 0.392 e. The van der Waals surface area contributed by atoms with Crippen molar-refractivity contribution in [1.82, 2.24) is 0 Å². The van der Waals surface area contributed by atoms with Gasteiger partial charge >= 0.3 is 0 Å². The summed E-state index contributed by atoms with van der Waals surface area (Å²) in [5.41, 5.74) is 2.64. The Balaban J connectivity index is 2.06. The van der Waals surface area contributed by atoms with Gasteiger partial charge in [-0.25, -0.2) is 0 Å². The number of hydrogen-bond acceptors (Lipinski definition) is 3. The Kier molecular flexibility index (Phi) is 3.43. The average Bonchev–Trinajstić information content (AvgIpc) is 2.91. The number of fused-ring (bicyclic) bond motifs is 1. The zero-order valence-corrected chi connectivity index (χ0v) is 12.8. The molecule has 3 heteroatoms. The second-order valence-electron chi connectivity index (χ2n) is 6.12. The Hall–Kier alpha value is -1.19. The second kappa shape index (κ2) is 4.97. The first-order valence-electron chi connectivity index (χ1n) is 7.19. The zero-order chi connectivity index (χ0) is 14.3. The number of allylic oxidation sites excluding steroid dienone is 2. The van der Waals surface area contributed by atoms with Gasteiger partial charge in [0.05, 0.1) is 6.10 Å². The number of carbonyl (C=O) groups is 1. The first kappa shape index (κ1) is 13.8. The van der Waals surface area contributed by atoms with E-state index in [0.717, 1.165) is 35.3 Å². The van der Waals surface area contributed by atoms with Crippen molar-refractivity contribution in [2.45, 2.75) is 45.6 Å². The number of aliphatic hydroxyl groups excluding tert-OH is 1. The molecule has 1 heterocycles. The number of carbonyl (C=O) groups excluding carboxylic acids is 1. The van der Waals surface area contributed by atoms with Gasteiger partial charge in [0.15, 0.2) is 5.78 Å². The number of thiophene rings is 1. The molecule has 1 aromatic heterocycles. The van der Waals surface area contributed by atoms with E-state index in [1.807, 2.05) is 30.5 Å². The molecule has 0 aliphatic heterocycles. The molecule has 3 rings (SSSR count). The van der Waals surface area contributed by atoms with Gasteiger partial charge in [-0.05, 0) is 55.7 Å². The van der Waals surface area contributed by atoms with E-state index in [1.54, 1.807) is 11.3 Å². The van der Waals surface area contributed by atoms with Gasteiger partial charge in [0, 0.05) is 15.9 Å². The van der Waals surface area contributed by atoms with E-state index in [2.05, 4.69) is 6.92 Å². The van der Waals surface area contributed by atoms with Gasteiger partial charge in [0.1, 0.15) is 0 Å². The zero-order valence-electron chi connectivity index (χ0n) is 12.0. The molecule has 1 N–H and O–H groups in total. The Morgan fingerprint density at radius 1 is 1.50 bits per heavy atom. The van der Waals surface area contributed by atoms with Crippen molar-refractivity contribution in [2.75, 3.05) is 0 Å². The first-order valence-corrected chi connectivity index (χ1v) is 8.07. The van der Waals surface area contributed by atoms with E-state index in [9.17, 15) is 9.90 Å². The molecule has 0 bridgehead atoms. The highest BCUT2D eigenvalue weighted by Gasteiger charge is 2.45. The van der Waals surface area contributed by atoms with Crippen molar-refractivity contribution in [3.05, 3.63) is 39.1 Å². The van der Waals surface area contributed by atoms with Crippen LogP contribution >= 0.6 is 11.3 Å². The smallest absolute Gasteiger partial charge is 0.184 e. The summed E-state index contributed by atoms with van der Waals surface area (Å²) in [6, 6.07) is 4.02. The minimum atomic E-state index is -0.332. The summed E-state index contributed by atoms with van der Waals surface area (Å²) in [7, 11) is 0. The monoisotopic (exact) mass is 288 g/mol. The number of rotatable bonds is 1. The van der Waals surface area contributed by atoms with Crippen LogP contribution in [-0.4, -0.2) is 17.0 Å². The summed E-state index contributed by atoms with van der Waals surface area (Å²) in [6.07, 6.45) is 5.12. The molecule has 1 aromatic rings. The fraction of sp³-hybridized carbons (Fsp3) is 0.471. The molecule has 1 fully saturated rings. The van der Waals surface area contributed by atoms with Crippen molar-refractivity contribution < 1.29 is 9.90 Å². The molecule has 2 atom stereocenters. The van der Waals surface area contributed by atoms with Crippen molar-refractivity contribution >= 4 is 23.2 Å². The van der Waals surface area contributed by atoms with Crippen LogP contribution in [0.15, 0.2) is 34.2 Å². The molecule has 0 amide bonds. The van der Waals surface area contributed by atoms with E-state index in [4.69, 9.17) is 0 Å². The lowest BCUT2D eigenvalue weighted by Gasteiger charge is -2.45. The Morgan fingerprint density at radius 3 is 3.00 bits per heavy atom. The molecule has 1 saturated carbocycles. The molecule has 2 aliphatic rings. The quantitative estimate of drug-likeness (QED) is 0.794. The van der Waals surface area contributed by atoms with Crippen LogP contribution in [0, 0.1) is 5.41 Å². The molecule has 2 aliphatic carbocycles. The van der Waals surface area contributed by atoms with Gasteiger partial charge in [-0.3, -0.25) is 4.79 Å². The predicted molar refractivity (Wildman–Crippen MR) is 82.6 cm³/mol. The summed E-state index contributed by atoms with van der Waals surface area (Å²) in [6.45, 7) is 4.04. The molecule has 0 unspecified atom stereocenters. The lowest BCUT2D eigenvalue weighted by molar-refractivity contribution is -0.113. The van der Waals surface area contributed by atoms with Crippen LogP contribution in [0.2, 0.25) is 0 Å². The van der Waals surface area contributed by atoms with Gasteiger partial charge in [0.2, 0.25) is 0 Å². The molecule has 2 nitrogen and oxygen atoms in total. The molecular weight excluding hydrogens is 268 g/mol. The summed E-state index contributed by atoms with van der Waals surface area (Å²) in [4.78, 5) is 13.7. The number of Topliss-reactive ketones (excluding diaryl/α,β-unsaturated/α-hetero) is 1. The van der Waals surface area contributed by atoms with Crippen molar-refractivity contribution in [3.63, 3.8) is 0 Å². The highest BCUT2D eigenvalue weighted by atomic mass is 32.1. The van der Waals surface area contributed by atoms with E-state index in [-0.39, 0.29) is 17.3 Å². The lowest BCUT2D eigenvalue weighted by atomic mass is 9.61. The molecular formula is C17H20O2S. The highest BCUT2D eigenvalue weighted by molar-refractivity contribution is 7.10. The van der Waals surface area contributed by atoms with Gasteiger partial charge < -0.3 is 5.11 Å². The Morgan fingerprint density at radius 2 is 2.30 bits per heavy atom. The third kappa shape index (κ3) is 2.09. The van der Waals surface area contributed by atoms with Gasteiger partial charge in [-0.1, -0.05) is 18.6 Å². The SMILES string of the molecule is CC1=C2CCC[C@H](O)[C@@]2(C)CC(=Cc2cccs2)C1=O. The number of aliphatic hydroxyl groups is 1.